The minimum absolute atomic E-state index is 0.104. The molecule has 114 valence electrons. The molecule has 0 aliphatic carbocycles. The van der Waals surface area contributed by atoms with Crippen LogP contribution < -0.4 is 0 Å². The third-order valence-electron chi connectivity index (χ3n) is 3.68. The standard InChI is InChI=1S/C16H23N3O2/c1-5-18(11-15-7-6-13(3)21-15)16(20)10-12(2)19-9-8-17-14(19)4/h6-9,12H,5,10-11H2,1-4H3/t12-/m1/s1. The van der Waals surface area contributed by atoms with Gasteiger partial charge in [0, 0.05) is 31.4 Å². The molecule has 1 atom stereocenters. The highest BCUT2D eigenvalue weighted by Crippen LogP contribution is 2.16. The van der Waals surface area contributed by atoms with E-state index in [1.165, 1.54) is 0 Å². The molecule has 1 amide bonds. The minimum atomic E-state index is 0.104. The number of furan rings is 1. The molecule has 21 heavy (non-hydrogen) atoms. The average molecular weight is 289 g/mol. The smallest absolute Gasteiger partial charge is 0.225 e. The molecule has 0 radical (unpaired) electrons. The van der Waals surface area contributed by atoms with Gasteiger partial charge in [0.15, 0.2) is 0 Å². The van der Waals surface area contributed by atoms with Gasteiger partial charge in [0.2, 0.25) is 5.91 Å². The highest BCUT2D eigenvalue weighted by atomic mass is 16.3. The molecule has 0 aromatic carbocycles. The summed E-state index contributed by atoms with van der Waals surface area (Å²) in [5.74, 6) is 2.76. The maximum Gasteiger partial charge on any atom is 0.225 e. The van der Waals surface area contributed by atoms with Crippen molar-refractivity contribution in [2.24, 2.45) is 0 Å². The lowest BCUT2D eigenvalue weighted by Crippen LogP contribution is -2.31. The van der Waals surface area contributed by atoms with E-state index >= 15 is 0 Å². The lowest BCUT2D eigenvalue weighted by molar-refractivity contribution is -0.132. The Hall–Kier alpha value is -2.04. The normalized spacial score (nSPS) is 12.4. The van der Waals surface area contributed by atoms with Crippen molar-refractivity contribution in [3.63, 3.8) is 0 Å². The summed E-state index contributed by atoms with van der Waals surface area (Å²) in [6.45, 7) is 9.08. The Balaban J connectivity index is 1.98. The van der Waals surface area contributed by atoms with Crippen molar-refractivity contribution in [2.75, 3.05) is 6.54 Å². The lowest BCUT2D eigenvalue weighted by atomic mass is 10.2. The van der Waals surface area contributed by atoms with E-state index in [1.54, 1.807) is 6.20 Å². The van der Waals surface area contributed by atoms with Gasteiger partial charge in [0.1, 0.15) is 17.3 Å². The Kier molecular flexibility index (Phi) is 4.83. The zero-order chi connectivity index (χ0) is 15.4. The van der Waals surface area contributed by atoms with Crippen LogP contribution in [0.5, 0.6) is 0 Å². The van der Waals surface area contributed by atoms with Gasteiger partial charge in [-0.05, 0) is 39.8 Å². The minimum Gasteiger partial charge on any atom is -0.464 e. The van der Waals surface area contributed by atoms with Crippen molar-refractivity contribution < 1.29 is 9.21 Å². The quantitative estimate of drug-likeness (QED) is 0.821. The van der Waals surface area contributed by atoms with E-state index in [0.29, 0.717) is 19.5 Å². The number of amides is 1. The van der Waals surface area contributed by atoms with E-state index < -0.39 is 0 Å². The number of aryl methyl sites for hydroxylation is 2. The van der Waals surface area contributed by atoms with Crippen LogP contribution in [0.3, 0.4) is 0 Å². The van der Waals surface area contributed by atoms with E-state index in [4.69, 9.17) is 4.42 Å². The molecule has 0 saturated heterocycles. The van der Waals surface area contributed by atoms with Crippen LogP contribution >= 0.6 is 0 Å². The Morgan fingerprint density at radius 3 is 2.71 bits per heavy atom. The summed E-state index contributed by atoms with van der Waals surface area (Å²) < 4.78 is 7.58. The summed E-state index contributed by atoms with van der Waals surface area (Å²) in [6, 6.07) is 3.95. The molecule has 0 aliphatic rings. The summed E-state index contributed by atoms with van der Waals surface area (Å²) in [4.78, 5) is 18.5. The number of carbonyl (C=O) groups excluding carboxylic acids is 1. The van der Waals surface area contributed by atoms with Crippen molar-refractivity contribution in [1.29, 1.82) is 0 Å². The third kappa shape index (κ3) is 3.74. The fourth-order valence-electron chi connectivity index (χ4n) is 2.47. The highest BCUT2D eigenvalue weighted by Gasteiger charge is 2.18. The maximum absolute atomic E-state index is 12.5. The van der Waals surface area contributed by atoms with Gasteiger partial charge in [-0.25, -0.2) is 4.98 Å². The second-order valence-electron chi connectivity index (χ2n) is 5.36. The largest absolute Gasteiger partial charge is 0.464 e. The van der Waals surface area contributed by atoms with Crippen molar-refractivity contribution >= 4 is 5.91 Å². The summed E-state index contributed by atoms with van der Waals surface area (Å²) in [7, 11) is 0. The summed E-state index contributed by atoms with van der Waals surface area (Å²) in [6.07, 6.45) is 4.14. The van der Waals surface area contributed by atoms with Crippen LogP contribution in [0.1, 0.15) is 43.7 Å². The van der Waals surface area contributed by atoms with Crippen LogP contribution in [0.15, 0.2) is 28.9 Å². The summed E-state index contributed by atoms with van der Waals surface area (Å²) in [5.41, 5.74) is 0. The van der Waals surface area contributed by atoms with E-state index in [-0.39, 0.29) is 11.9 Å². The van der Waals surface area contributed by atoms with Gasteiger partial charge in [0.25, 0.3) is 0 Å². The number of hydrogen-bond donors (Lipinski definition) is 0. The van der Waals surface area contributed by atoms with Crippen LogP contribution in [0.4, 0.5) is 0 Å². The van der Waals surface area contributed by atoms with Crippen molar-refractivity contribution in [3.8, 4) is 0 Å². The van der Waals surface area contributed by atoms with E-state index in [1.807, 2.05) is 55.5 Å². The maximum atomic E-state index is 12.5. The molecule has 5 nitrogen and oxygen atoms in total. The number of nitrogens with zero attached hydrogens (tertiary/aromatic N) is 3. The van der Waals surface area contributed by atoms with Crippen LogP contribution in [-0.2, 0) is 11.3 Å². The van der Waals surface area contributed by atoms with Crippen molar-refractivity contribution in [3.05, 3.63) is 41.9 Å². The summed E-state index contributed by atoms with van der Waals surface area (Å²) >= 11 is 0. The van der Waals surface area contributed by atoms with E-state index in [0.717, 1.165) is 17.3 Å². The number of aromatic nitrogens is 2. The first-order chi connectivity index (χ1) is 10.0. The van der Waals surface area contributed by atoms with Gasteiger partial charge in [-0.1, -0.05) is 0 Å². The van der Waals surface area contributed by atoms with Gasteiger partial charge in [-0.2, -0.15) is 0 Å². The second kappa shape index (κ2) is 6.61. The van der Waals surface area contributed by atoms with Crippen LogP contribution in [0.2, 0.25) is 0 Å². The Labute approximate surface area is 125 Å². The third-order valence-corrected chi connectivity index (χ3v) is 3.68. The predicted molar refractivity (Wildman–Crippen MR) is 80.8 cm³/mol. The monoisotopic (exact) mass is 289 g/mol. The molecule has 0 saturated carbocycles. The van der Waals surface area contributed by atoms with E-state index in [2.05, 4.69) is 4.98 Å². The molecule has 2 rings (SSSR count). The zero-order valence-corrected chi connectivity index (χ0v) is 13.2. The lowest BCUT2D eigenvalue weighted by Gasteiger charge is -2.22. The molecule has 0 bridgehead atoms. The first-order valence-corrected chi connectivity index (χ1v) is 7.33. The van der Waals surface area contributed by atoms with Crippen molar-refractivity contribution in [2.45, 2.75) is 46.7 Å². The topological polar surface area (TPSA) is 51.3 Å². The second-order valence-corrected chi connectivity index (χ2v) is 5.36. The molecule has 2 heterocycles. The number of hydrogen-bond acceptors (Lipinski definition) is 3. The molecular weight excluding hydrogens is 266 g/mol. The fourth-order valence-corrected chi connectivity index (χ4v) is 2.47. The fraction of sp³-hybridized carbons (Fsp3) is 0.500. The van der Waals surface area contributed by atoms with Gasteiger partial charge in [0.05, 0.1) is 6.54 Å². The molecule has 0 aliphatic heterocycles. The molecule has 0 fully saturated rings. The Bertz CT molecular complexity index is 600. The first kappa shape index (κ1) is 15.4. The molecule has 5 heteroatoms. The molecule has 0 spiro atoms. The van der Waals surface area contributed by atoms with Gasteiger partial charge in [-0.3, -0.25) is 4.79 Å². The average Bonchev–Trinajstić information content (AvgIpc) is 3.04. The molecule has 0 N–H and O–H groups in total. The zero-order valence-electron chi connectivity index (χ0n) is 13.2. The van der Waals surface area contributed by atoms with Crippen molar-refractivity contribution in [1.82, 2.24) is 14.5 Å². The van der Waals surface area contributed by atoms with Gasteiger partial charge >= 0.3 is 0 Å². The van der Waals surface area contributed by atoms with Gasteiger partial charge in [-0.15, -0.1) is 0 Å². The molecular formula is C16H23N3O2. The van der Waals surface area contributed by atoms with Gasteiger partial charge < -0.3 is 13.9 Å². The predicted octanol–water partition coefficient (Wildman–Crippen LogP) is 3.09. The van der Waals surface area contributed by atoms with Crippen LogP contribution in [0.25, 0.3) is 0 Å². The van der Waals surface area contributed by atoms with Crippen LogP contribution in [-0.4, -0.2) is 26.9 Å². The molecule has 2 aromatic heterocycles. The number of rotatable bonds is 6. The van der Waals surface area contributed by atoms with E-state index in [9.17, 15) is 4.79 Å². The number of imidazole rings is 1. The summed E-state index contributed by atoms with van der Waals surface area (Å²) in [5, 5.41) is 0. The first-order valence-electron chi connectivity index (χ1n) is 7.33. The Morgan fingerprint density at radius 2 is 2.19 bits per heavy atom. The van der Waals surface area contributed by atoms with Crippen LogP contribution in [0, 0.1) is 13.8 Å². The Morgan fingerprint density at radius 1 is 1.43 bits per heavy atom. The molecule has 0 unspecified atom stereocenters. The SMILES string of the molecule is CCN(Cc1ccc(C)o1)C(=O)C[C@@H](C)n1ccnc1C. The highest BCUT2D eigenvalue weighted by molar-refractivity contribution is 5.76. The molecule has 2 aromatic rings. The number of carbonyl (C=O) groups is 1.